The number of halogens is 4. The zero-order chi connectivity index (χ0) is 39.7. The van der Waals surface area contributed by atoms with E-state index in [1.54, 1.807) is 75.4 Å². The van der Waals surface area contributed by atoms with Gasteiger partial charge in [0.1, 0.15) is 11.6 Å². The first-order chi connectivity index (χ1) is 25.0. The molecule has 0 bridgehead atoms. The van der Waals surface area contributed by atoms with Crippen LogP contribution in [-0.4, -0.2) is 52.4 Å². The van der Waals surface area contributed by atoms with Gasteiger partial charge in [-0.3, -0.25) is 14.4 Å². The highest BCUT2D eigenvalue weighted by atomic mass is 35.5. The van der Waals surface area contributed by atoms with Gasteiger partial charge in [-0.15, -0.1) is 0 Å². The maximum absolute atomic E-state index is 13.1. The fourth-order valence-corrected chi connectivity index (χ4v) is 4.65. The SMILES string of the molecule is CC(C(=O)O)c1ccc(-c2cccc(F)c2)cc1.CC(C(=O)O)c1ccc(Cl)cc1.COC(=O)C(C)c1ccc(Cl)cc1.OB(O)c1cccc(F)c1. The van der Waals surface area contributed by atoms with Crippen LogP contribution in [0.25, 0.3) is 11.1 Å². The van der Waals surface area contributed by atoms with E-state index in [2.05, 4.69) is 4.74 Å². The van der Waals surface area contributed by atoms with Crippen LogP contribution in [0.15, 0.2) is 121 Å². The average Bonchev–Trinajstić information content (AvgIpc) is 3.15. The first kappa shape index (κ1) is 44.1. The smallest absolute Gasteiger partial charge is 0.481 e. The Morgan fingerprint density at radius 3 is 1.34 bits per heavy atom. The summed E-state index contributed by atoms with van der Waals surface area (Å²) in [6.45, 7) is 5.08. The Labute approximate surface area is 317 Å². The molecule has 0 radical (unpaired) electrons. The molecule has 13 heteroatoms. The third-order valence-electron chi connectivity index (χ3n) is 7.75. The summed E-state index contributed by atoms with van der Waals surface area (Å²) < 4.78 is 30.0. The summed E-state index contributed by atoms with van der Waals surface area (Å²) in [5, 5.41) is 35.9. The number of carboxylic acid groups (broad SMARTS) is 2. The lowest BCUT2D eigenvalue weighted by molar-refractivity contribution is -0.142. The summed E-state index contributed by atoms with van der Waals surface area (Å²) >= 11 is 11.4. The first-order valence-corrected chi connectivity index (χ1v) is 16.8. The van der Waals surface area contributed by atoms with E-state index in [4.69, 9.17) is 43.5 Å². The van der Waals surface area contributed by atoms with Crippen LogP contribution in [0.1, 0.15) is 55.2 Å². The van der Waals surface area contributed by atoms with Gasteiger partial charge in [0.25, 0.3) is 0 Å². The quantitative estimate of drug-likeness (QED) is 0.0913. The van der Waals surface area contributed by atoms with Crippen molar-refractivity contribution in [2.75, 3.05) is 7.11 Å². The minimum Gasteiger partial charge on any atom is -0.481 e. The number of ether oxygens (including phenoxy) is 1. The number of carbonyl (C=O) groups is 3. The molecule has 0 aliphatic carbocycles. The topological polar surface area (TPSA) is 141 Å². The van der Waals surface area contributed by atoms with Gasteiger partial charge in [-0.25, -0.2) is 8.78 Å². The van der Waals surface area contributed by atoms with E-state index in [0.717, 1.165) is 33.9 Å². The third kappa shape index (κ3) is 15.2. The molecule has 53 heavy (non-hydrogen) atoms. The lowest BCUT2D eigenvalue weighted by Gasteiger charge is -2.08. The highest BCUT2D eigenvalue weighted by molar-refractivity contribution is 6.58. The molecule has 0 fully saturated rings. The summed E-state index contributed by atoms with van der Waals surface area (Å²) in [4.78, 5) is 32.5. The highest BCUT2D eigenvalue weighted by Crippen LogP contribution is 2.24. The van der Waals surface area contributed by atoms with Crippen molar-refractivity contribution < 1.29 is 48.2 Å². The molecule has 0 saturated heterocycles. The lowest BCUT2D eigenvalue weighted by Crippen LogP contribution is -2.29. The fraction of sp³-hybridized carbons (Fsp3) is 0.175. The summed E-state index contributed by atoms with van der Waals surface area (Å²) in [6.07, 6.45) is 0. The zero-order valence-corrected chi connectivity index (χ0v) is 30.8. The van der Waals surface area contributed by atoms with E-state index >= 15 is 0 Å². The van der Waals surface area contributed by atoms with Crippen molar-refractivity contribution >= 4 is 53.7 Å². The summed E-state index contributed by atoms with van der Waals surface area (Å²) in [6, 6.07) is 32.6. The number of hydrogen-bond donors (Lipinski definition) is 4. The van der Waals surface area contributed by atoms with Gasteiger partial charge in [-0.1, -0.05) is 96.0 Å². The van der Waals surface area contributed by atoms with Crippen molar-refractivity contribution in [3.8, 4) is 11.1 Å². The molecule has 0 amide bonds. The lowest BCUT2D eigenvalue weighted by atomic mass is 9.80. The Morgan fingerprint density at radius 1 is 0.585 bits per heavy atom. The van der Waals surface area contributed by atoms with Crippen molar-refractivity contribution in [2.24, 2.45) is 0 Å². The van der Waals surface area contributed by atoms with Crippen LogP contribution in [-0.2, 0) is 19.1 Å². The molecule has 8 nitrogen and oxygen atoms in total. The standard InChI is InChI=1S/C15H13FO2.C10H11ClO2.C9H9ClO2.C6H6BFO2/c1-10(15(17)18)11-5-7-12(8-6-11)13-3-2-4-14(16)9-13;1-7(10(12)13-2)8-3-5-9(11)6-4-8;1-6(9(11)12)7-2-4-8(10)5-3-7;8-6-3-1-2-5(4-6)7(9)10/h2-10H,1H3,(H,17,18);3-7H,1-2H3;2-6H,1H3,(H,11,12);1-4,9-10H. The number of benzene rings is 5. The summed E-state index contributed by atoms with van der Waals surface area (Å²) in [5.41, 5.74) is 4.24. The number of hydrogen-bond acceptors (Lipinski definition) is 6. The second-order valence-electron chi connectivity index (χ2n) is 11.5. The van der Waals surface area contributed by atoms with E-state index in [-0.39, 0.29) is 23.2 Å². The van der Waals surface area contributed by atoms with Crippen LogP contribution in [0.2, 0.25) is 10.0 Å². The van der Waals surface area contributed by atoms with Gasteiger partial charge in [0, 0.05) is 10.0 Å². The molecule has 278 valence electrons. The Kier molecular flexibility index (Phi) is 18.4. The van der Waals surface area contributed by atoms with E-state index < -0.39 is 36.7 Å². The molecule has 0 aliphatic rings. The molecule has 4 N–H and O–H groups in total. The minimum atomic E-state index is -1.59. The Hall–Kier alpha value is -5.07. The molecular weight excluding hydrogens is 728 g/mol. The number of methoxy groups -OCH3 is 1. The largest absolute Gasteiger partial charge is 0.488 e. The molecule has 5 aromatic carbocycles. The van der Waals surface area contributed by atoms with E-state index in [1.807, 2.05) is 30.3 Å². The molecule has 0 heterocycles. The predicted octanol–water partition coefficient (Wildman–Crippen LogP) is 8.33. The van der Waals surface area contributed by atoms with Crippen LogP contribution >= 0.6 is 23.2 Å². The van der Waals surface area contributed by atoms with E-state index in [9.17, 15) is 23.2 Å². The van der Waals surface area contributed by atoms with Crippen LogP contribution < -0.4 is 5.46 Å². The van der Waals surface area contributed by atoms with Crippen LogP contribution in [0.5, 0.6) is 0 Å². The fourth-order valence-electron chi connectivity index (χ4n) is 4.40. The monoisotopic (exact) mass is 766 g/mol. The zero-order valence-electron chi connectivity index (χ0n) is 29.3. The second-order valence-corrected chi connectivity index (χ2v) is 12.4. The second kappa shape index (κ2) is 22.1. The maximum Gasteiger partial charge on any atom is 0.488 e. The van der Waals surface area contributed by atoms with Crippen LogP contribution in [0.3, 0.4) is 0 Å². The Morgan fingerprint density at radius 2 is 0.981 bits per heavy atom. The number of rotatable bonds is 8. The van der Waals surface area contributed by atoms with Crippen molar-refractivity contribution in [3.05, 3.63) is 160 Å². The van der Waals surface area contributed by atoms with Gasteiger partial charge in [0.2, 0.25) is 0 Å². The normalized spacial score (nSPS) is 11.7. The van der Waals surface area contributed by atoms with Crippen molar-refractivity contribution in [1.82, 2.24) is 0 Å². The van der Waals surface area contributed by atoms with Crippen LogP contribution in [0, 0.1) is 11.6 Å². The van der Waals surface area contributed by atoms with E-state index in [1.165, 1.54) is 37.4 Å². The van der Waals surface area contributed by atoms with Gasteiger partial charge in [0.05, 0.1) is 24.9 Å². The molecule has 0 spiro atoms. The van der Waals surface area contributed by atoms with Gasteiger partial charge in [0.15, 0.2) is 0 Å². The first-order valence-electron chi connectivity index (χ1n) is 16.1. The van der Waals surface area contributed by atoms with Gasteiger partial charge in [-0.2, -0.15) is 0 Å². The number of carboxylic acids is 2. The average molecular weight is 767 g/mol. The molecule has 3 atom stereocenters. The van der Waals surface area contributed by atoms with Crippen LogP contribution in [0.4, 0.5) is 8.78 Å². The molecule has 0 aliphatic heterocycles. The summed E-state index contributed by atoms with van der Waals surface area (Å²) in [7, 11) is -0.204. The molecule has 0 saturated carbocycles. The van der Waals surface area contributed by atoms with Gasteiger partial charge in [-0.05, 0) is 103 Å². The molecular formula is C40H39BCl2F2O8. The van der Waals surface area contributed by atoms with Crippen molar-refractivity contribution in [2.45, 2.75) is 38.5 Å². The predicted molar refractivity (Wildman–Crippen MR) is 203 cm³/mol. The molecule has 5 aromatic rings. The van der Waals surface area contributed by atoms with Crippen molar-refractivity contribution in [3.63, 3.8) is 0 Å². The number of carbonyl (C=O) groups excluding carboxylic acids is 1. The van der Waals surface area contributed by atoms with Gasteiger partial charge < -0.3 is 25.0 Å². The maximum atomic E-state index is 13.1. The summed E-state index contributed by atoms with van der Waals surface area (Å²) in [5.74, 6) is -3.90. The van der Waals surface area contributed by atoms with Crippen molar-refractivity contribution in [1.29, 1.82) is 0 Å². The minimum absolute atomic E-state index is 0.167. The number of esters is 1. The highest BCUT2D eigenvalue weighted by Gasteiger charge is 2.15. The molecule has 3 unspecified atom stereocenters. The number of aliphatic carboxylic acids is 2. The Balaban J connectivity index is 0.000000251. The Bertz CT molecular complexity index is 1910. The van der Waals surface area contributed by atoms with E-state index in [0.29, 0.717) is 10.0 Å². The molecule has 5 rings (SSSR count). The third-order valence-corrected chi connectivity index (χ3v) is 8.26. The molecule has 0 aromatic heterocycles. The van der Waals surface area contributed by atoms with Gasteiger partial charge >= 0.3 is 25.0 Å².